The van der Waals surface area contributed by atoms with Gasteiger partial charge in [0.05, 0.1) is 6.61 Å². The van der Waals surface area contributed by atoms with Crippen molar-refractivity contribution in [2.75, 3.05) is 6.61 Å². The number of hydrogen-bond acceptors (Lipinski definition) is 2. The largest absolute Gasteiger partial charge is 0.490 e. The molecule has 0 saturated heterocycles. The fraction of sp³-hybridized carbons (Fsp3) is 0.294. The maximum atomic E-state index is 14.4. The number of ether oxygens (including phenoxy) is 1. The van der Waals surface area contributed by atoms with Crippen LogP contribution < -0.4 is 4.74 Å². The van der Waals surface area contributed by atoms with Gasteiger partial charge >= 0.3 is 0 Å². The summed E-state index contributed by atoms with van der Waals surface area (Å²) in [6, 6.07) is 2.79. The van der Waals surface area contributed by atoms with Gasteiger partial charge in [-0.2, -0.15) is 4.39 Å². The Hall–Kier alpha value is -1.82. The summed E-state index contributed by atoms with van der Waals surface area (Å²) in [6.45, 7) is 3.65. The number of rotatable bonds is 4. The Morgan fingerprint density at radius 3 is 2.17 bits per heavy atom. The van der Waals surface area contributed by atoms with Crippen molar-refractivity contribution in [2.45, 2.75) is 26.7 Å². The molecule has 0 amide bonds. The van der Waals surface area contributed by atoms with E-state index in [0.29, 0.717) is 15.8 Å². The van der Waals surface area contributed by atoms with Crippen molar-refractivity contribution in [3.05, 3.63) is 41.0 Å². The highest BCUT2D eigenvalue weighted by Gasteiger charge is 2.23. The number of hydrogen-bond donors (Lipinski definition) is 0. The van der Waals surface area contributed by atoms with Crippen molar-refractivity contribution in [1.29, 1.82) is 0 Å². The number of aryl methyl sites for hydroxylation is 1. The summed E-state index contributed by atoms with van der Waals surface area (Å²) >= 11 is 1.08. The van der Waals surface area contributed by atoms with Gasteiger partial charge in [0.25, 0.3) is 0 Å². The van der Waals surface area contributed by atoms with E-state index in [2.05, 4.69) is 0 Å². The molecule has 3 aromatic rings. The predicted octanol–water partition coefficient (Wildman–Crippen LogP) is 6.10. The first-order valence-electron chi connectivity index (χ1n) is 7.27. The fourth-order valence-corrected chi connectivity index (χ4v) is 3.71. The highest BCUT2D eigenvalue weighted by atomic mass is 32.1. The summed E-state index contributed by atoms with van der Waals surface area (Å²) in [5, 5.41) is -0.452. The van der Waals surface area contributed by atoms with Crippen molar-refractivity contribution >= 4 is 31.5 Å². The average molecular weight is 342 g/mol. The lowest BCUT2D eigenvalue weighted by atomic mass is 10.1. The van der Waals surface area contributed by atoms with Gasteiger partial charge in [-0.1, -0.05) is 13.3 Å². The molecule has 0 aliphatic carbocycles. The van der Waals surface area contributed by atoms with E-state index in [0.717, 1.165) is 17.8 Å². The van der Waals surface area contributed by atoms with Crippen LogP contribution in [0.25, 0.3) is 20.2 Å². The summed E-state index contributed by atoms with van der Waals surface area (Å²) in [7, 11) is 0. The molecule has 0 atom stereocenters. The molecule has 0 bridgehead atoms. The minimum absolute atomic E-state index is 0.127. The summed E-state index contributed by atoms with van der Waals surface area (Å²) in [5.41, 5.74) is 0.127. The smallest absolute Gasteiger partial charge is 0.201 e. The van der Waals surface area contributed by atoms with Gasteiger partial charge in [-0.3, -0.25) is 0 Å². The van der Waals surface area contributed by atoms with E-state index in [4.69, 9.17) is 4.74 Å². The molecule has 1 nitrogen and oxygen atoms in total. The van der Waals surface area contributed by atoms with Crippen LogP contribution in [0.2, 0.25) is 0 Å². The Kier molecular flexibility index (Phi) is 4.19. The first-order valence-corrected chi connectivity index (χ1v) is 8.09. The van der Waals surface area contributed by atoms with Crippen LogP contribution in [0.4, 0.5) is 17.6 Å². The Morgan fingerprint density at radius 1 is 0.913 bits per heavy atom. The van der Waals surface area contributed by atoms with Gasteiger partial charge in [-0.15, -0.1) is 11.3 Å². The van der Waals surface area contributed by atoms with E-state index < -0.39 is 23.3 Å². The van der Waals surface area contributed by atoms with Crippen LogP contribution in [0.3, 0.4) is 0 Å². The normalized spacial score (nSPS) is 11.6. The Morgan fingerprint density at radius 2 is 1.52 bits per heavy atom. The number of fused-ring (bicyclic) bond motifs is 3. The molecule has 0 unspecified atom stereocenters. The minimum Gasteiger partial charge on any atom is -0.490 e. The second-order valence-electron chi connectivity index (χ2n) is 5.37. The fourth-order valence-electron chi connectivity index (χ4n) is 2.48. The SMILES string of the molecule is CCCCOc1cc2sc3cc(C)c(F)c(F)c3c2c(F)c1F. The lowest BCUT2D eigenvalue weighted by Gasteiger charge is -2.08. The molecule has 0 aliphatic rings. The number of thiophene rings is 1. The van der Waals surface area contributed by atoms with Crippen LogP contribution >= 0.6 is 11.3 Å². The molecule has 1 aromatic heterocycles. The standard InChI is InChI=1S/C17H14F4OS/c1-3-4-5-22-9-7-11-13(17(21)15(9)19)12-10(23-11)6-8(2)14(18)16(12)20/h6-7H,3-5H2,1-2H3. The molecule has 0 saturated carbocycles. The third kappa shape index (κ3) is 2.55. The highest BCUT2D eigenvalue weighted by Crippen LogP contribution is 2.41. The third-order valence-corrected chi connectivity index (χ3v) is 4.80. The third-order valence-electron chi connectivity index (χ3n) is 3.71. The zero-order chi connectivity index (χ0) is 16.7. The maximum Gasteiger partial charge on any atom is 0.201 e. The highest BCUT2D eigenvalue weighted by molar-refractivity contribution is 7.25. The van der Waals surface area contributed by atoms with Gasteiger partial charge < -0.3 is 4.74 Å². The van der Waals surface area contributed by atoms with Crippen molar-refractivity contribution in [1.82, 2.24) is 0 Å². The molecule has 6 heteroatoms. The maximum absolute atomic E-state index is 14.4. The van der Waals surface area contributed by atoms with Gasteiger partial charge in [-0.25, -0.2) is 13.2 Å². The first-order chi connectivity index (χ1) is 11.0. The number of benzene rings is 2. The predicted molar refractivity (Wildman–Crippen MR) is 84.3 cm³/mol. The van der Waals surface area contributed by atoms with Crippen molar-refractivity contribution in [2.24, 2.45) is 0 Å². The van der Waals surface area contributed by atoms with Crippen LogP contribution in [0.15, 0.2) is 12.1 Å². The van der Waals surface area contributed by atoms with E-state index in [1.54, 1.807) is 0 Å². The molecule has 122 valence electrons. The van der Waals surface area contributed by atoms with E-state index in [-0.39, 0.29) is 28.7 Å². The molecule has 1 heterocycles. The van der Waals surface area contributed by atoms with Crippen molar-refractivity contribution in [3.63, 3.8) is 0 Å². The molecule has 0 radical (unpaired) electrons. The molecule has 0 spiro atoms. The quantitative estimate of drug-likeness (QED) is 0.411. The van der Waals surface area contributed by atoms with Crippen LogP contribution in [0, 0.1) is 30.2 Å². The van der Waals surface area contributed by atoms with Crippen LogP contribution in [-0.4, -0.2) is 6.61 Å². The lowest BCUT2D eigenvalue weighted by molar-refractivity contribution is 0.290. The molecular formula is C17H14F4OS. The first kappa shape index (κ1) is 16.1. The molecule has 23 heavy (non-hydrogen) atoms. The zero-order valence-corrected chi connectivity index (χ0v) is 13.4. The molecule has 0 aliphatic heterocycles. The van der Waals surface area contributed by atoms with Crippen LogP contribution in [-0.2, 0) is 0 Å². The Labute approximate surface area is 134 Å². The van der Waals surface area contributed by atoms with Gasteiger partial charge in [0.15, 0.2) is 23.2 Å². The Balaban J connectivity index is 2.27. The molecule has 0 N–H and O–H groups in total. The summed E-state index contributed by atoms with van der Waals surface area (Å²) in [4.78, 5) is 0. The molecule has 2 aromatic carbocycles. The summed E-state index contributed by atoms with van der Waals surface area (Å²) in [5.74, 6) is -4.77. The van der Waals surface area contributed by atoms with Crippen LogP contribution in [0.5, 0.6) is 5.75 Å². The molecule has 3 rings (SSSR count). The topological polar surface area (TPSA) is 9.23 Å². The van der Waals surface area contributed by atoms with E-state index >= 15 is 0 Å². The second kappa shape index (κ2) is 6.00. The van der Waals surface area contributed by atoms with E-state index in [9.17, 15) is 17.6 Å². The lowest BCUT2D eigenvalue weighted by Crippen LogP contribution is -2.00. The second-order valence-corrected chi connectivity index (χ2v) is 6.46. The van der Waals surface area contributed by atoms with Gasteiger partial charge in [0, 0.05) is 26.2 Å². The van der Waals surface area contributed by atoms with Gasteiger partial charge in [-0.05, 0) is 25.0 Å². The average Bonchev–Trinajstić information content (AvgIpc) is 2.88. The van der Waals surface area contributed by atoms with Crippen molar-refractivity contribution in [3.8, 4) is 5.75 Å². The van der Waals surface area contributed by atoms with Crippen LogP contribution in [0.1, 0.15) is 25.3 Å². The number of halogens is 4. The summed E-state index contributed by atoms with van der Waals surface area (Å²) < 4.78 is 62.5. The van der Waals surface area contributed by atoms with Gasteiger partial charge in [0.2, 0.25) is 5.82 Å². The molecule has 0 fully saturated rings. The monoisotopic (exact) mass is 342 g/mol. The molecular weight excluding hydrogens is 328 g/mol. The van der Waals surface area contributed by atoms with E-state index in [1.165, 1.54) is 19.1 Å². The summed E-state index contributed by atoms with van der Waals surface area (Å²) in [6.07, 6.45) is 1.57. The minimum atomic E-state index is -1.21. The zero-order valence-electron chi connectivity index (χ0n) is 12.6. The Bertz CT molecular complexity index is 901. The van der Waals surface area contributed by atoms with Gasteiger partial charge in [0.1, 0.15) is 0 Å². The number of unbranched alkanes of at least 4 members (excludes halogenated alkanes) is 1. The van der Waals surface area contributed by atoms with Crippen molar-refractivity contribution < 1.29 is 22.3 Å². The van der Waals surface area contributed by atoms with E-state index in [1.807, 2.05) is 6.92 Å².